The van der Waals surface area contributed by atoms with Gasteiger partial charge in [0.2, 0.25) is 0 Å². The van der Waals surface area contributed by atoms with Crippen molar-refractivity contribution in [2.24, 2.45) is 0 Å². The maximum absolute atomic E-state index is 3.42. The molecule has 2 heteroatoms. The summed E-state index contributed by atoms with van der Waals surface area (Å²) in [5.74, 6) is 0. The summed E-state index contributed by atoms with van der Waals surface area (Å²) >= 11 is 3.39. The highest BCUT2D eigenvalue weighted by atomic mass is 79.9. The molecule has 1 N–H and O–H groups in total. The Bertz CT molecular complexity index is 272. The Morgan fingerprint density at radius 1 is 1.42 bits per heavy atom. The number of benzene rings is 1. The number of halogens is 1. The van der Waals surface area contributed by atoms with E-state index in [9.17, 15) is 0 Å². The average molecular weight is 225 g/mol. The van der Waals surface area contributed by atoms with Crippen molar-refractivity contribution in [3.05, 3.63) is 40.7 Å². The molecule has 2 rings (SSSR count). The fraction of sp³-hybridized carbons (Fsp3) is 0.300. The Balaban J connectivity index is 2.37. The van der Waals surface area contributed by atoms with Crippen LogP contribution in [0.2, 0.25) is 0 Å². The van der Waals surface area contributed by atoms with E-state index in [2.05, 4.69) is 45.5 Å². The Morgan fingerprint density at radius 2 is 2.25 bits per heavy atom. The molecule has 1 heterocycles. The number of nitrogens with one attached hydrogen (secondary N) is 1. The molecular formula is C10H11BrN. The molecule has 0 saturated carbocycles. The minimum atomic E-state index is 0.384. The number of hydrogen-bond acceptors (Lipinski definition) is 1. The van der Waals surface area contributed by atoms with Crippen molar-refractivity contribution in [2.75, 3.05) is 6.54 Å². The SMILES string of the molecule is Br[CH]C1NCCc2ccccc21. The van der Waals surface area contributed by atoms with E-state index in [1.165, 1.54) is 11.1 Å². The van der Waals surface area contributed by atoms with Crippen molar-refractivity contribution in [3.63, 3.8) is 0 Å². The lowest BCUT2D eigenvalue weighted by atomic mass is 9.96. The van der Waals surface area contributed by atoms with Crippen molar-refractivity contribution in [1.29, 1.82) is 0 Å². The third kappa shape index (κ3) is 1.41. The van der Waals surface area contributed by atoms with Crippen LogP contribution in [0.5, 0.6) is 0 Å². The van der Waals surface area contributed by atoms with Gasteiger partial charge in [-0.3, -0.25) is 0 Å². The molecular weight excluding hydrogens is 214 g/mol. The van der Waals surface area contributed by atoms with Gasteiger partial charge in [0.25, 0.3) is 0 Å². The van der Waals surface area contributed by atoms with Crippen LogP contribution in [0.4, 0.5) is 0 Å². The van der Waals surface area contributed by atoms with Crippen molar-refractivity contribution in [1.82, 2.24) is 5.32 Å². The van der Waals surface area contributed by atoms with Gasteiger partial charge in [0.05, 0.1) is 0 Å². The van der Waals surface area contributed by atoms with Crippen LogP contribution in [-0.4, -0.2) is 6.54 Å². The van der Waals surface area contributed by atoms with E-state index >= 15 is 0 Å². The van der Waals surface area contributed by atoms with E-state index in [1.54, 1.807) is 0 Å². The Labute approximate surface area is 81.3 Å². The largest absolute Gasteiger partial charge is 0.309 e. The van der Waals surface area contributed by atoms with Crippen molar-refractivity contribution < 1.29 is 0 Å². The zero-order valence-corrected chi connectivity index (χ0v) is 8.34. The quantitative estimate of drug-likeness (QED) is 0.773. The number of hydrogen-bond donors (Lipinski definition) is 1. The van der Waals surface area contributed by atoms with Crippen molar-refractivity contribution in [3.8, 4) is 0 Å². The van der Waals surface area contributed by atoms with Gasteiger partial charge >= 0.3 is 0 Å². The second-order valence-electron chi connectivity index (χ2n) is 3.01. The lowest BCUT2D eigenvalue weighted by Gasteiger charge is -2.24. The number of fused-ring (bicyclic) bond motifs is 1. The molecule has 0 aromatic heterocycles. The molecule has 1 aliphatic rings. The highest BCUT2D eigenvalue weighted by molar-refractivity contribution is 9.10. The molecule has 0 bridgehead atoms. The fourth-order valence-electron chi connectivity index (χ4n) is 1.65. The van der Waals surface area contributed by atoms with E-state index in [-0.39, 0.29) is 0 Å². The molecule has 0 fully saturated rings. The predicted octanol–water partition coefficient (Wildman–Crippen LogP) is 2.43. The molecule has 63 valence electrons. The summed E-state index contributed by atoms with van der Waals surface area (Å²) in [5.41, 5.74) is 2.87. The van der Waals surface area contributed by atoms with Crippen LogP contribution in [0.1, 0.15) is 17.2 Å². The molecule has 0 aliphatic carbocycles. The highest BCUT2D eigenvalue weighted by Gasteiger charge is 2.17. The Morgan fingerprint density at radius 3 is 3.08 bits per heavy atom. The molecule has 1 aliphatic heterocycles. The highest BCUT2D eigenvalue weighted by Crippen LogP contribution is 2.25. The van der Waals surface area contributed by atoms with Crippen LogP contribution in [0.25, 0.3) is 0 Å². The van der Waals surface area contributed by atoms with Crippen molar-refractivity contribution >= 4 is 15.9 Å². The second-order valence-corrected chi connectivity index (χ2v) is 3.54. The standard InChI is InChI=1S/C10H11BrN/c11-7-10-9-4-2-1-3-8(9)5-6-12-10/h1-4,7,10,12H,5-6H2. The fourth-order valence-corrected chi connectivity index (χ4v) is 2.12. The van der Waals surface area contributed by atoms with Crippen molar-refractivity contribution in [2.45, 2.75) is 12.5 Å². The van der Waals surface area contributed by atoms with E-state index < -0.39 is 0 Å². The van der Waals surface area contributed by atoms with Gasteiger partial charge in [-0.1, -0.05) is 40.2 Å². The first-order valence-electron chi connectivity index (χ1n) is 4.16. The van der Waals surface area contributed by atoms with E-state index in [0.29, 0.717) is 6.04 Å². The van der Waals surface area contributed by atoms with Crippen LogP contribution < -0.4 is 5.32 Å². The van der Waals surface area contributed by atoms with E-state index in [4.69, 9.17) is 0 Å². The van der Waals surface area contributed by atoms with Gasteiger partial charge in [-0.25, -0.2) is 0 Å². The van der Waals surface area contributed by atoms with Gasteiger partial charge in [0.15, 0.2) is 0 Å². The predicted molar refractivity (Wildman–Crippen MR) is 54.1 cm³/mol. The van der Waals surface area contributed by atoms with Crippen LogP contribution in [-0.2, 0) is 6.42 Å². The molecule has 12 heavy (non-hydrogen) atoms. The summed E-state index contributed by atoms with van der Waals surface area (Å²) in [4.78, 5) is 0. The molecule has 1 nitrogen and oxygen atoms in total. The van der Waals surface area contributed by atoms with Gasteiger partial charge in [-0.15, -0.1) is 0 Å². The molecule has 0 spiro atoms. The maximum Gasteiger partial charge on any atom is 0.0484 e. The smallest absolute Gasteiger partial charge is 0.0484 e. The van der Waals surface area contributed by atoms with Gasteiger partial charge in [0, 0.05) is 11.4 Å². The lowest BCUT2D eigenvalue weighted by molar-refractivity contribution is 0.574. The summed E-state index contributed by atoms with van der Waals surface area (Å²) < 4.78 is 0. The third-order valence-electron chi connectivity index (χ3n) is 2.27. The molecule has 0 amide bonds. The lowest BCUT2D eigenvalue weighted by Crippen LogP contribution is -2.28. The zero-order valence-electron chi connectivity index (χ0n) is 6.76. The molecule has 0 saturated heterocycles. The summed E-state index contributed by atoms with van der Waals surface area (Å²) in [6.07, 6.45) is 1.15. The topological polar surface area (TPSA) is 12.0 Å². The number of rotatable bonds is 1. The first kappa shape index (κ1) is 8.27. The Hall–Kier alpha value is -0.340. The first-order chi connectivity index (χ1) is 5.92. The van der Waals surface area contributed by atoms with Gasteiger partial charge < -0.3 is 5.32 Å². The van der Waals surface area contributed by atoms with E-state index in [1.807, 2.05) is 5.33 Å². The third-order valence-corrected chi connectivity index (χ3v) is 2.80. The second kappa shape index (κ2) is 3.58. The molecule has 1 atom stereocenters. The van der Waals surface area contributed by atoms with Crippen LogP contribution >= 0.6 is 15.9 Å². The summed E-state index contributed by atoms with van der Waals surface area (Å²) in [6.45, 7) is 1.07. The molecule has 1 aromatic carbocycles. The first-order valence-corrected chi connectivity index (χ1v) is 5.08. The summed E-state index contributed by atoms with van der Waals surface area (Å²) in [7, 11) is 0. The summed E-state index contributed by atoms with van der Waals surface area (Å²) in [5, 5.41) is 5.46. The van der Waals surface area contributed by atoms with Crippen LogP contribution in [0.3, 0.4) is 0 Å². The Kier molecular flexibility index (Phi) is 2.47. The van der Waals surface area contributed by atoms with Gasteiger partial charge in [0.1, 0.15) is 0 Å². The molecule has 1 radical (unpaired) electrons. The summed E-state index contributed by atoms with van der Waals surface area (Å²) in [6, 6.07) is 8.98. The van der Waals surface area contributed by atoms with Gasteiger partial charge in [-0.2, -0.15) is 0 Å². The van der Waals surface area contributed by atoms with Gasteiger partial charge in [-0.05, 0) is 24.1 Å². The zero-order chi connectivity index (χ0) is 8.39. The normalized spacial score (nSPS) is 21.9. The van der Waals surface area contributed by atoms with Crippen LogP contribution in [0, 0.1) is 5.33 Å². The average Bonchev–Trinajstić information content (AvgIpc) is 2.17. The maximum atomic E-state index is 3.42. The monoisotopic (exact) mass is 224 g/mol. The van der Waals surface area contributed by atoms with E-state index in [0.717, 1.165) is 13.0 Å². The molecule has 1 aromatic rings. The van der Waals surface area contributed by atoms with Crippen LogP contribution in [0.15, 0.2) is 24.3 Å². The minimum Gasteiger partial charge on any atom is -0.309 e. The minimum absolute atomic E-state index is 0.384. The molecule has 1 unspecified atom stereocenters.